The lowest BCUT2D eigenvalue weighted by Gasteiger charge is -2.37. The number of ether oxygens (including phenoxy) is 1. The highest BCUT2D eigenvalue weighted by molar-refractivity contribution is 5.78. The lowest BCUT2D eigenvalue weighted by molar-refractivity contribution is -0.134. The van der Waals surface area contributed by atoms with Crippen molar-refractivity contribution in [1.29, 1.82) is 0 Å². The second-order valence-electron chi connectivity index (χ2n) is 5.38. The van der Waals surface area contributed by atoms with Crippen LogP contribution in [-0.4, -0.2) is 59.7 Å². The summed E-state index contributed by atoms with van der Waals surface area (Å²) in [5.74, 6) is 0.821. The lowest BCUT2D eigenvalue weighted by atomic mass is 9.91. The number of aromatic nitrogens is 2. The van der Waals surface area contributed by atoms with E-state index in [4.69, 9.17) is 9.26 Å². The molecule has 22 heavy (non-hydrogen) atoms. The molecule has 122 valence electrons. The van der Waals surface area contributed by atoms with Gasteiger partial charge in [-0.2, -0.15) is 4.98 Å². The van der Waals surface area contributed by atoms with E-state index in [1.807, 2.05) is 6.92 Å². The first kappa shape index (κ1) is 16.4. The molecule has 0 unspecified atom stereocenters. The average Bonchev–Trinajstić information content (AvgIpc) is 2.93. The number of nitrogens with one attached hydrogen (secondary N) is 1. The van der Waals surface area contributed by atoms with Gasteiger partial charge in [0.05, 0.1) is 12.0 Å². The van der Waals surface area contributed by atoms with Crippen molar-refractivity contribution in [2.45, 2.75) is 38.6 Å². The molecule has 1 aliphatic rings. The van der Waals surface area contributed by atoms with Crippen molar-refractivity contribution in [3.05, 3.63) is 11.7 Å². The first-order chi connectivity index (χ1) is 10.5. The van der Waals surface area contributed by atoms with Gasteiger partial charge in [0.2, 0.25) is 17.7 Å². The first-order valence-corrected chi connectivity index (χ1v) is 7.41. The van der Waals surface area contributed by atoms with Crippen molar-refractivity contribution >= 4 is 11.8 Å². The third kappa shape index (κ3) is 3.82. The van der Waals surface area contributed by atoms with E-state index in [1.165, 1.54) is 7.11 Å². The standard InChI is InChI=1S/C14H22N4O4/c1-4-13(20)18-6-5-10(14-15-9(2)17-22-14)11(7-18)16-12(19)8-21-3/h10-11H,4-8H2,1-3H3,(H,16,19)/t10-,11+/m0/s1. The maximum absolute atomic E-state index is 11.9. The minimum atomic E-state index is -0.258. The van der Waals surface area contributed by atoms with Crippen LogP contribution in [0.15, 0.2) is 4.52 Å². The molecule has 1 aliphatic heterocycles. The number of likely N-dealkylation sites (tertiary alicyclic amines) is 1. The summed E-state index contributed by atoms with van der Waals surface area (Å²) in [5, 5.41) is 6.71. The summed E-state index contributed by atoms with van der Waals surface area (Å²) in [6, 6.07) is -0.258. The molecule has 2 rings (SSSR count). The maximum Gasteiger partial charge on any atom is 0.246 e. The second kappa shape index (κ2) is 7.35. The van der Waals surface area contributed by atoms with Crippen LogP contribution >= 0.6 is 0 Å². The Labute approximate surface area is 129 Å². The molecule has 0 aromatic carbocycles. The molecule has 8 heteroatoms. The monoisotopic (exact) mass is 310 g/mol. The van der Waals surface area contributed by atoms with E-state index < -0.39 is 0 Å². The Balaban J connectivity index is 2.13. The number of amides is 2. The fourth-order valence-electron chi connectivity index (χ4n) is 2.69. The SMILES string of the molecule is CCC(=O)N1CC[C@H](c2nc(C)no2)[C@H](NC(=O)COC)C1. The fraction of sp³-hybridized carbons (Fsp3) is 0.714. The van der Waals surface area contributed by atoms with E-state index in [0.29, 0.717) is 37.6 Å². The van der Waals surface area contributed by atoms with Gasteiger partial charge >= 0.3 is 0 Å². The summed E-state index contributed by atoms with van der Waals surface area (Å²) in [6.45, 7) is 4.62. The largest absolute Gasteiger partial charge is 0.375 e. The van der Waals surface area contributed by atoms with Crippen molar-refractivity contribution in [2.24, 2.45) is 0 Å². The molecular formula is C14H22N4O4. The van der Waals surface area contributed by atoms with Crippen LogP contribution in [0.4, 0.5) is 0 Å². The first-order valence-electron chi connectivity index (χ1n) is 7.41. The molecule has 2 amide bonds. The Bertz CT molecular complexity index is 531. The van der Waals surface area contributed by atoms with Crippen LogP contribution in [0.1, 0.15) is 37.4 Å². The molecule has 8 nitrogen and oxygen atoms in total. The Morgan fingerprint density at radius 2 is 2.27 bits per heavy atom. The summed E-state index contributed by atoms with van der Waals surface area (Å²) >= 11 is 0. The van der Waals surface area contributed by atoms with Gasteiger partial charge in [0.15, 0.2) is 5.82 Å². The highest BCUT2D eigenvalue weighted by atomic mass is 16.5. The van der Waals surface area contributed by atoms with Crippen LogP contribution in [0.5, 0.6) is 0 Å². The van der Waals surface area contributed by atoms with Crippen molar-refractivity contribution in [3.8, 4) is 0 Å². The third-order valence-corrected chi connectivity index (χ3v) is 3.75. The van der Waals surface area contributed by atoms with Crippen LogP contribution in [0.2, 0.25) is 0 Å². The molecule has 1 N–H and O–H groups in total. The van der Waals surface area contributed by atoms with E-state index in [1.54, 1.807) is 11.8 Å². The van der Waals surface area contributed by atoms with Crippen molar-refractivity contribution in [3.63, 3.8) is 0 Å². The van der Waals surface area contributed by atoms with Gasteiger partial charge in [0, 0.05) is 26.6 Å². The van der Waals surface area contributed by atoms with Crippen LogP contribution < -0.4 is 5.32 Å². The molecule has 2 heterocycles. The van der Waals surface area contributed by atoms with Crippen LogP contribution in [0.25, 0.3) is 0 Å². The smallest absolute Gasteiger partial charge is 0.246 e. The summed E-state index contributed by atoms with van der Waals surface area (Å²) in [7, 11) is 1.46. The number of carbonyl (C=O) groups is 2. The molecule has 1 aromatic rings. The number of carbonyl (C=O) groups excluding carboxylic acids is 2. The minimum absolute atomic E-state index is 0.0200. The number of piperidine rings is 1. The zero-order valence-corrected chi connectivity index (χ0v) is 13.2. The third-order valence-electron chi connectivity index (χ3n) is 3.75. The van der Waals surface area contributed by atoms with E-state index in [2.05, 4.69) is 15.5 Å². The quantitative estimate of drug-likeness (QED) is 0.836. The summed E-state index contributed by atoms with van der Waals surface area (Å²) in [5.41, 5.74) is 0. The molecule has 0 bridgehead atoms. The van der Waals surface area contributed by atoms with E-state index in [-0.39, 0.29) is 30.4 Å². The van der Waals surface area contributed by atoms with Crippen molar-refractivity contribution in [2.75, 3.05) is 26.8 Å². The number of methoxy groups -OCH3 is 1. The Kier molecular flexibility index (Phi) is 5.48. The topological polar surface area (TPSA) is 97.6 Å². The van der Waals surface area contributed by atoms with Crippen LogP contribution in [-0.2, 0) is 14.3 Å². The molecule has 0 aliphatic carbocycles. The predicted octanol–water partition coefficient (Wildman–Crippen LogP) is 0.235. The molecule has 1 saturated heterocycles. The highest BCUT2D eigenvalue weighted by Crippen LogP contribution is 2.27. The van der Waals surface area contributed by atoms with E-state index in [9.17, 15) is 9.59 Å². The summed E-state index contributed by atoms with van der Waals surface area (Å²) in [6.07, 6.45) is 1.12. The van der Waals surface area contributed by atoms with Crippen LogP contribution in [0.3, 0.4) is 0 Å². The molecular weight excluding hydrogens is 288 g/mol. The molecule has 0 saturated carbocycles. The number of hydrogen-bond acceptors (Lipinski definition) is 6. The lowest BCUT2D eigenvalue weighted by Crippen LogP contribution is -2.53. The molecule has 0 spiro atoms. The van der Waals surface area contributed by atoms with E-state index in [0.717, 1.165) is 0 Å². The number of aryl methyl sites for hydroxylation is 1. The van der Waals surface area contributed by atoms with Gasteiger partial charge in [-0.3, -0.25) is 9.59 Å². The average molecular weight is 310 g/mol. The highest BCUT2D eigenvalue weighted by Gasteiger charge is 2.36. The van der Waals surface area contributed by atoms with Gasteiger partial charge in [-0.05, 0) is 13.3 Å². The van der Waals surface area contributed by atoms with Gasteiger partial charge in [-0.1, -0.05) is 12.1 Å². The second-order valence-corrected chi connectivity index (χ2v) is 5.38. The number of nitrogens with zero attached hydrogens (tertiary/aromatic N) is 3. The maximum atomic E-state index is 11.9. The Morgan fingerprint density at radius 3 is 2.86 bits per heavy atom. The zero-order chi connectivity index (χ0) is 16.1. The van der Waals surface area contributed by atoms with Gasteiger partial charge in [0.1, 0.15) is 6.61 Å². The molecule has 1 fully saturated rings. The normalized spacial score (nSPS) is 21.7. The molecule has 2 atom stereocenters. The van der Waals surface area contributed by atoms with Gasteiger partial charge in [-0.15, -0.1) is 0 Å². The summed E-state index contributed by atoms with van der Waals surface area (Å²) < 4.78 is 10.1. The Morgan fingerprint density at radius 1 is 1.50 bits per heavy atom. The Hall–Kier alpha value is -1.96. The van der Waals surface area contributed by atoms with Crippen molar-refractivity contribution in [1.82, 2.24) is 20.4 Å². The summed E-state index contributed by atoms with van der Waals surface area (Å²) in [4.78, 5) is 29.8. The molecule has 1 aromatic heterocycles. The van der Waals surface area contributed by atoms with Gasteiger partial charge in [0.25, 0.3) is 0 Å². The number of hydrogen-bond donors (Lipinski definition) is 1. The molecule has 0 radical (unpaired) electrons. The predicted molar refractivity (Wildman–Crippen MR) is 77.1 cm³/mol. The van der Waals surface area contributed by atoms with E-state index >= 15 is 0 Å². The zero-order valence-electron chi connectivity index (χ0n) is 13.2. The van der Waals surface area contributed by atoms with Gasteiger partial charge < -0.3 is 19.5 Å². The van der Waals surface area contributed by atoms with Gasteiger partial charge in [-0.25, -0.2) is 0 Å². The fourth-order valence-corrected chi connectivity index (χ4v) is 2.69. The number of rotatable bonds is 5. The van der Waals surface area contributed by atoms with Crippen LogP contribution in [0, 0.1) is 6.92 Å². The van der Waals surface area contributed by atoms with Crippen molar-refractivity contribution < 1.29 is 18.8 Å². The minimum Gasteiger partial charge on any atom is -0.375 e.